The van der Waals surface area contributed by atoms with E-state index in [4.69, 9.17) is 23.2 Å². The molecule has 0 heterocycles. The van der Waals surface area contributed by atoms with Gasteiger partial charge in [0.2, 0.25) is 0 Å². The normalized spacial score (nSPS) is 10.7. The Morgan fingerprint density at radius 3 is 2.19 bits per heavy atom. The van der Waals surface area contributed by atoms with E-state index in [0.29, 0.717) is 12.2 Å². The van der Waals surface area contributed by atoms with E-state index in [1.165, 1.54) is 12.1 Å². The first-order valence-corrected chi connectivity index (χ1v) is 6.67. The largest absolute Gasteiger partial charge is 0.508 e. The molecule has 0 saturated carbocycles. The number of benzene rings is 2. The molecule has 2 aromatic carbocycles. The quantitative estimate of drug-likeness (QED) is 0.816. The third-order valence-electron chi connectivity index (χ3n) is 2.64. The van der Waals surface area contributed by atoms with Gasteiger partial charge in [0.1, 0.15) is 5.75 Å². The van der Waals surface area contributed by atoms with Crippen LogP contribution in [0.5, 0.6) is 11.5 Å². The summed E-state index contributed by atoms with van der Waals surface area (Å²) < 4.78 is 28.7. The number of hydrogen-bond acceptors (Lipinski definition) is 3. The number of rotatable bonds is 5. The van der Waals surface area contributed by atoms with Gasteiger partial charge in [-0.25, -0.2) is 0 Å². The molecule has 0 aliphatic rings. The van der Waals surface area contributed by atoms with Crippen LogP contribution in [0.1, 0.15) is 5.56 Å². The van der Waals surface area contributed by atoms with Gasteiger partial charge in [-0.15, -0.1) is 0 Å². The van der Waals surface area contributed by atoms with E-state index in [1.807, 2.05) is 0 Å². The lowest BCUT2D eigenvalue weighted by molar-refractivity contribution is -0.0497. The number of nitrogens with one attached hydrogen (secondary N) is 1. The van der Waals surface area contributed by atoms with Crippen LogP contribution < -0.4 is 10.1 Å². The molecule has 112 valence electrons. The van der Waals surface area contributed by atoms with Crippen LogP contribution in [0.4, 0.5) is 14.5 Å². The van der Waals surface area contributed by atoms with Gasteiger partial charge in [-0.3, -0.25) is 0 Å². The van der Waals surface area contributed by atoms with Gasteiger partial charge in [-0.1, -0.05) is 35.3 Å². The van der Waals surface area contributed by atoms with E-state index < -0.39 is 6.61 Å². The zero-order chi connectivity index (χ0) is 15.4. The van der Waals surface area contributed by atoms with Crippen LogP contribution in [-0.4, -0.2) is 11.7 Å². The third-order valence-corrected chi connectivity index (χ3v) is 3.20. The number of phenolic OH excluding ortho intramolecular Hbond substituents is 1. The van der Waals surface area contributed by atoms with Crippen LogP contribution in [0.2, 0.25) is 10.0 Å². The van der Waals surface area contributed by atoms with Gasteiger partial charge in [0.15, 0.2) is 5.75 Å². The maximum absolute atomic E-state index is 12.2. The van der Waals surface area contributed by atoms with Gasteiger partial charge in [-0.2, -0.15) is 8.78 Å². The first-order chi connectivity index (χ1) is 9.95. The summed E-state index contributed by atoms with van der Waals surface area (Å²) in [5.41, 5.74) is 1.49. The van der Waals surface area contributed by atoms with E-state index in [2.05, 4.69) is 10.1 Å². The zero-order valence-corrected chi connectivity index (χ0v) is 12.1. The van der Waals surface area contributed by atoms with Crippen LogP contribution in [0.3, 0.4) is 0 Å². The summed E-state index contributed by atoms with van der Waals surface area (Å²) in [4.78, 5) is 0. The SMILES string of the molecule is Oc1ccc(CNc2cc(Cl)c(OC(F)F)c(Cl)c2)cc1. The van der Waals surface area contributed by atoms with E-state index in [0.717, 1.165) is 5.56 Å². The summed E-state index contributed by atoms with van der Waals surface area (Å²) in [7, 11) is 0. The molecular formula is C14H11Cl2F2NO2. The number of phenols is 1. The molecule has 3 nitrogen and oxygen atoms in total. The zero-order valence-electron chi connectivity index (χ0n) is 10.6. The molecule has 7 heteroatoms. The van der Waals surface area contributed by atoms with Crippen LogP contribution in [-0.2, 0) is 6.54 Å². The summed E-state index contributed by atoms with van der Waals surface area (Å²) in [6, 6.07) is 9.53. The van der Waals surface area contributed by atoms with Crippen LogP contribution in [0, 0.1) is 0 Å². The fourth-order valence-electron chi connectivity index (χ4n) is 1.68. The Hall–Kier alpha value is -1.72. The van der Waals surface area contributed by atoms with Crippen molar-refractivity contribution >= 4 is 28.9 Å². The molecule has 0 fully saturated rings. The monoisotopic (exact) mass is 333 g/mol. The minimum Gasteiger partial charge on any atom is -0.508 e. The average molecular weight is 334 g/mol. The molecule has 0 bridgehead atoms. The summed E-state index contributed by atoms with van der Waals surface area (Å²) in [5.74, 6) is -0.0677. The molecule has 2 rings (SSSR count). The Kier molecular flexibility index (Phi) is 5.09. The van der Waals surface area contributed by atoms with Gasteiger partial charge in [0.25, 0.3) is 0 Å². The number of hydrogen-bond donors (Lipinski definition) is 2. The standard InChI is InChI=1S/C14H11Cl2F2NO2/c15-11-5-9(6-12(16)13(11)21-14(17)18)19-7-8-1-3-10(20)4-2-8/h1-6,14,19-20H,7H2. The Morgan fingerprint density at radius 2 is 1.67 bits per heavy atom. The van der Waals surface area contributed by atoms with Crippen LogP contribution >= 0.6 is 23.2 Å². The topological polar surface area (TPSA) is 41.5 Å². The van der Waals surface area contributed by atoms with Crippen molar-refractivity contribution in [3.63, 3.8) is 0 Å². The third kappa shape index (κ3) is 4.37. The van der Waals surface area contributed by atoms with Crippen molar-refractivity contribution in [2.24, 2.45) is 0 Å². The smallest absolute Gasteiger partial charge is 0.387 e. The highest BCUT2D eigenvalue weighted by Gasteiger charge is 2.14. The first-order valence-electron chi connectivity index (χ1n) is 5.91. The highest BCUT2D eigenvalue weighted by molar-refractivity contribution is 6.37. The van der Waals surface area contributed by atoms with Gasteiger partial charge in [0.05, 0.1) is 10.0 Å². The Bertz CT molecular complexity index is 598. The lowest BCUT2D eigenvalue weighted by Gasteiger charge is -2.12. The molecule has 2 aromatic rings. The molecule has 21 heavy (non-hydrogen) atoms. The number of alkyl halides is 2. The predicted octanol–water partition coefficient (Wildman–Crippen LogP) is 4.91. The molecule has 0 saturated heterocycles. The molecule has 0 unspecified atom stereocenters. The second kappa shape index (κ2) is 6.83. The van der Waals surface area contributed by atoms with Crippen molar-refractivity contribution in [3.8, 4) is 11.5 Å². The molecular weight excluding hydrogens is 323 g/mol. The van der Waals surface area contributed by atoms with Crippen LogP contribution in [0.25, 0.3) is 0 Å². The highest BCUT2D eigenvalue weighted by atomic mass is 35.5. The van der Waals surface area contributed by atoms with Gasteiger partial charge in [-0.05, 0) is 29.8 Å². The molecule has 0 aromatic heterocycles. The van der Waals surface area contributed by atoms with Gasteiger partial charge < -0.3 is 15.2 Å². The maximum Gasteiger partial charge on any atom is 0.387 e. The van der Waals surface area contributed by atoms with Crippen molar-refractivity contribution in [2.45, 2.75) is 13.2 Å². The minimum atomic E-state index is -2.99. The Labute approximate surface area is 130 Å². The minimum absolute atomic E-state index is 0.00370. The van der Waals surface area contributed by atoms with Crippen molar-refractivity contribution in [2.75, 3.05) is 5.32 Å². The predicted molar refractivity (Wildman–Crippen MR) is 78.5 cm³/mol. The van der Waals surface area contributed by atoms with Crippen molar-refractivity contribution in [1.82, 2.24) is 0 Å². The summed E-state index contributed by atoms with van der Waals surface area (Å²) in [6.45, 7) is -2.53. The number of aromatic hydroxyl groups is 1. The number of ether oxygens (including phenoxy) is 1. The Morgan fingerprint density at radius 1 is 1.10 bits per heavy atom. The number of anilines is 1. The highest BCUT2D eigenvalue weighted by Crippen LogP contribution is 2.37. The summed E-state index contributed by atoms with van der Waals surface area (Å²) in [5, 5.41) is 12.2. The molecule has 0 aliphatic carbocycles. The maximum atomic E-state index is 12.2. The van der Waals surface area contributed by atoms with E-state index >= 15 is 0 Å². The van der Waals surface area contributed by atoms with Crippen molar-refractivity contribution in [3.05, 3.63) is 52.0 Å². The lowest BCUT2D eigenvalue weighted by Crippen LogP contribution is -2.04. The first kappa shape index (κ1) is 15.7. The Balaban J connectivity index is 2.09. The molecule has 0 atom stereocenters. The van der Waals surface area contributed by atoms with Crippen LogP contribution in [0.15, 0.2) is 36.4 Å². The molecule has 0 aliphatic heterocycles. The summed E-state index contributed by atoms with van der Waals surface area (Å²) >= 11 is 11.7. The van der Waals surface area contributed by atoms with Gasteiger partial charge in [0, 0.05) is 12.2 Å². The van der Waals surface area contributed by atoms with E-state index in [1.54, 1.807) is 24.3 Å². The fourth-order valence-corrected chi connectivity index (χ4v) is 2.26. The second-order valence-electron chi connectivity index (χ2n) is 4.17. The van der Waals surface area contributed by atoms with Gasteiger partial charge >= 0.3 is 6.61 Å². The average Bonchev–Trinajstić information content (AvgIpc) is 2.42. The molecule has 2 N–H and O–H groups in total. The molecule has 0 radical (unpaired) electrons. The lowest BCUT2D eigenvalue weighted by atomic mass is 10.2. The number of halogens is 4. The fraction of sp³-hybridized carbons (Fsp3) is 0.143. The van der Waals surface area contributed by atoms with E-state index in [9.17, 15) is 13.9 Å². The van der Waals surface area contributed by atoms with Crippen molar-refractivity contribution < 1.29 is 18.6 Å². The van der Waals surface area contributed by atoms with Crippen molar-refractivity contribution in [1.29, 1.82) is 0 Å². The second-order valence-corrected chi connectivity index (χ2v) is 4.98. The van der Waals surface area contributed by atoms with E-state index in [-0.39, 0.29) is 21.5 Å². The summed E-state index contributed by atoms with van der Waals surface area (Å²) in [6.07, 6.45) is 0. The molecule has 0 spiro atoms. The molecule has 0 amide bonds.